The number of halogens is 1. The fourth-order valence-corrected chi connectivity index (χ4v) is 3.05. The van der Waals surface area contributed by atoms with Gasteiger partial charge in [0.15, 0.2) is 6.10 Å². The monoisotopic (exact) mass is 413 g/mol. The van der Waals surface area contributed by atoms with Crippen molar-refractivity contribution < 1.29 is 28.3 Å². The van der Waals surface area contributed by atoms with Crippen LogP contribution in [0, 0.1) is 11.7 Å². The van der Waals surface area contributed by atoms with Crippen molar-refractivity contribution in [2.75, 3.05) is 16.8 Å². The molecular weight excluding hydrogens is 393 g/mol. The number of nitrogens with two attached hydrogens (primary N) is 1. The molecule has 0 aromatic heterocycles. The van der Waals surface area contributed by atoms with E-state index in [1.54, 1.807) is 6.07 Å². The lowest BCUT2D eigenvalue weighted by molar-refractivity contribution is -0.157. The zero-order valence-electron chi connectivity index (χ0n) is 16.1. The highest BCUT2D eigenvalue weighted by Gasteiger charge is 2.38. The molecule has 30 heavy (non-hydrogen) atoms. The largest absolute Gasteiger partial charge is 0.452 e. The lowest BCUT2D eigenvalue weighted by Gasteiger charge is -2.18. The summed E-state index contributed by atoms with van der Waals surface area (Å²) in [6.07, 6.45) is -1.25. The lowest BCUT2D eigenvalue weighted by Crippen LogP contribution is -2.33. The van der Waals surface area contributed by atoms with Gasteiger partial charge in [-0.3, -0.25) is 19.2 Å². The summed E-state index contributed by atoms with van der Waals surface area (Å²) >= 11 is 0. The molecule has 1 fully saturated rings. The Labute approximate surface area is 171 Å². The second-order valence-corrected chi connectivity index (χ2v) is 6.87. The van der Waals surface area contributed by atoms with Crippen LogP contribution in [0.25, 0.3) is 0 Å². The summed E-state index contributed by atoms with van der Waals surface area (Å²) in [5.74, 6) is -3.64. The van der Waals surface area contributed by atoms with E-state index in [9.17, 15) is 23.6 Å². The van der Waals surface area contributed by atoms with Crippen molar-refractivity contribution in [2.24, 2.45) is 11.7 Å². The standard InChI is InChI=1S/C21H20FN3O5/c1-12(20(28)24-15-8-6-13(7-9-15)19(23)27)30-21(29)14-10-18(26)25(11-14)17-5-3-2-4-16(17)22/h2-9,12,14H,10-11H2,1H3,(H2,23,27)(H,24,28)/t12-,14+/m1/s1. The minimum absolute atomic E-state index is 0.0263. The van der Waals surface area contributed by atoms with Gasteiger partial charge in [-0.15, -0.1) is 0 Å². The fourth-order valence-electron chi connectivity index (χ4n) is 3.05. The number of para-hydroxylation sites is 1. The normalized spacial score (nSPS) is 16.8. The van der Waals surface area contributed by atoms with E-state index in [4.69, 9.17) is 10.5 Å². The molecule has 156 valence electrons. The molecule has 0 saturated carbocycles. The van der Waals surface area contributed by atoms with E-state index in [0.29, 0.717) is 5.69 Å². The molecule has 2 aromatic carbocycles. The van der Waals surface area contributed by atoms with Gasteiger partial charge < -0.3 is 20.7 Å². The molecule has 3 rings (SSSR count). The summed E-state index contributed by atoms with van der Waals surface area (Å²) < 4.78 is 19.1. The number of anilines is 2. The number of hydrogen-bond acceptors (Lipinski definition) is 5. The molecule has 1 saturated heterocycles. The van der Waals surface area contributed by atoms with Crippen molar-refractivity contribution in [1.29, 1.82) is 0 Å². The smallest absolute Gasteiger partial charge is 0.312 e. The predicted molar refractivity (Wildman–Crippen MR) is 106 cm³/mol. The van der Waals surface area contributed by atoms with Crippen LogP contribution in [0.4, 0.5) is 15.8 Å². The van der Waals surface area contributed by atoms with E-state index in [1.165, 1.54) is 54.3 Å². The molecule has 0 spiro atoms. The molecule has 3 N–H and O–H groups in total. The van der Waals surface area contributed by atoms with E-state index in [0.717, 1.165) is 0 Å². The summed E-state index contributed by atoms with van der Waals surface area (Å²) in [4.78, 5) is 49.2. The van der Waals surface area contributed by atoms with Gasteiger partial charge in [-0.1, -0.05) is 12.1 Å². The maximum atomic E-state index is 13.9. The Balaban J connectivity index is 1.57. The molecule has 0 unspecified atom stereocenters. The second kappa shape index (κ2) is 8.73. The zero-order valence-corrected chi connectivity index (χ0v) is 16.1. The third kappa shape index (κ3) is 4.62. The number of nitrogens with one attached hydrogen (secondary N) is 1. The first-order chi connectivity index (χ1) is 14.3. The number of primary amides is 1. The number of hydrogen-bond donors (Lipinski definition) is 2. The van der Waals surface area contributed by atoms with Crippen molar-refractivity contribution >= 4 is 35.1 Å². The van der Waals surface area contributed by atoms with Crippen molar-refractivity contribution in [2.45, 2.75) is 19.4 Å². The summed E-state index contributed by atoms with van der Waals surface area (Å²) in [7, 11) is 0. The number of carbonyl (C=O) groups excluding carboxylic acids is 4. The number of carbonyl (C=O) groups is 4. The van der Waals surface area contributed by atoms with Gasteiger partial charge in [-0.2, -0.15) is 0 Å². The highest BCUT2D eigenvalue weighted by Crippen LogP contribution is 2.28. The number of rotatable bonds is 6. The maximum absolute atomic E-state index is 13.9. The van der Waals surface area contributed by atoms with Crippen LogP contribution in [0.5, 0.6) is 0 Å². The summed E-state index contributed by atoms with van der Waals surface area (Å²) in [5, 5.41) is 2.56. The van der Waals surface area contributed by atoms with E-state index >= 15 is 0 Å². The van der Waals surface area contributed by atoms with Gasteiger partial charge >= 0.3 is 5.97 Å². The van der Waals surface area contributed by atoms with E-state index in [-0.39, 0.29) is 24.2 Å². The van der Waals surface area contributed by atoms with Crippen molar-refractivity contribution in [1.82, 2.24) is 0 Å². The highest BCUT2D eigenvalue weighted by atomic mass is 19.1. The van der Waals surface area contributed by atoms with E-state index in [1.807, 2.05) is 0 Å². The highest BCUT2D eigenvalue weighted by molar-refractivity contribution is 6.00. The minimum atomic E-state index is -1.12. The first-order valence-corrected chi connectivity index (χ1v) is 9.22. The van der Waals surface area contributed by atoms with Crippen molar-refractivity contribution in [3.8, 4) is 0 Å². The van der Waals surface area contributed by atoms with Crippen molar-refractivity contribution in [3.05, 3.63) is 59.9 Å². The first-order valence-electron chi connectivity index (χ1n) is 9.22. The second-order valence-electron chi connectivity index (χ2n) is 6.87. The molecule has 0 radical (unpaired) electrons. The van der Waals surface area contributed by atoms with Crippen LogP contribution >= 0.6 is 0 Å². The van der Waals surface area contributed by atoms with Gasteiger partial charge in [-0.05, 0) is 43.3 Å². The van der Waals surface area contributed by atoms with Crippen LogP contribution in [-0.4, -0.2) is 36.3 Å². The van der Waals surface area contributed by atoms with Gasteiger partial charge in [0, 0.05) is 24.2 Å². The van der Waals surface area contributed by atoms with Crippen LogP contribution < -0.4 is 16.0 Å². The number of benzene rings is 2. The van der Waals surface area contributed by atoms with E-state index in [2.05, 4.69) is 5.32 Å². The lowest BCUT2D eigenvalue weighted by atomic mass is 10.1. The van der Waals surface area contributed by atoms with Gasteiger partial charge in [0.25, 0.3) is 5.91 Å². The number of amides is 3. The third-order valence-electron chi connectivity index (χ3n) is 4.70. The molecule has 2 atom stereocenters. The molecule has 1 heterocycles. The summed E-state index contributed by atoms with van der Waals surface area (Å²) in [6, 6.07) is 11.7. The molecular formula is C21H20FN3O5. The molecule has 0 bridgehead atoms. The van der Waals surface area contributed by atoms with Crippen LogP contribution in [-0.2, 0) is 19.1 Å². The average Bonchev–Trinajstić information content (AvgIpc) is 3.10. The van der Waals surface area contributed by atoms with Gasteiger partial charge in [0.1, 0.15) is 5.82 Å². The van der Waals surface area contributed by atoms with Crippen molar-refractivity contribution in [3.63, 3.8) is 0 Å². The summed E-state index contributed by atoms with van der Waals surface area (Å²) in [5.41, 5.74) is 5.95. The zero-order chi connectivity index (χ0) is 21.8. The average molecular weight is 413 g/mol. The third-order valence-corrected chi connectivity index (χ3v) is 4.70. The fraction of sp³-hybridized carbons (Fsp3) is 0.238. The Morgan fingerprint density at radius 2 is 1.83 bits per heavy atom. The topological polar surface area (TPSA) is 119 Å². The van der Waals surface area contributed by atoms with Gasteiger partial charge in [0.05, 0.1) is 11.6 Å². The predicted octanol–water partition coefficient (Wildman–Crippen LogP) is 1.85. The minimum Gasteiger partial charge on any atom is -0.452 e. The molecule has 0 aliphatic carbocycles. The molecule has 1 aliphatic rings. The Bertz CT molecular complexity index is 992. The molecule has 3 amide bonds. The number of nitrogens with zero attached hydrogens (tertiary/aromatic N) is 1. The first kappa shape index (κ1) is 21.0. The SMILES string of the molecule is C[C@@H](OC(=O)[C@H]1CC(=O)N(c2ccccc2F)C1)C(=O)Nc1ccc(C(N)=O)cc1. The van der Waals surface area contributed by atoms with E-state index < -0.39 is 41.5 Å². The summed E-state index contributed by atoms with van der Waals surface area (Å²) in [6.45, 7) is 1.37. The molecule has 9 heteroatoms. The number of esters is 1. The number of ether oxygens (including phenoxy) is 1. The molecule has 8 nitrogen and oxygen atoms in total. The Morgan fingerprint density at radius 3 is 2.47 bits per heavy atom. The Kier molecular flexibility index (Phi) is 6.10. The van der Waals surface area contributed by atoms with Gasteiger partial charge in [-0.25, -0.2) is 4.39 Å². The van der Waals surface area contributed by atoms with Crippen LogP contribution in [0.2, 0.25) is 0 Å². The Hall–Kier alpha value is -3.75. The van der Waals surface area contributed by atoms with Crippen LogP contribution in [0.3, 0.4) is 0 Å². The van der Waals surface area contributed by atoms with Crippen LogP contribution in [0.15, 0.2) is 48.5 Å². The van der Waals surface area contributed by atoms with Gasteiger partial charge in [0.2, 0.25) is 11.8 Å². The van der Waals surface area contributed by atoms with Crippen LogP contribution in [0.1, 0.15) is 23.7 Å². The molecule has 1 aliphatic heterocycles. The molecule has 2 aromatic rings. The maximum Gasteiger partial charge on any atom is 0.312 e. The Morgan fingerprint density at radius 1 is 1.17 bits per heavy atom. The quantitative estimate of drug-likeness (QED) is 0.701.